The highest BCUT2D eigenvalue weighted by Crippen LogP contribution is 2.16. The van der Waals surface area contributed by atoms with Crippen LogP contribution in [0.3, 0.4) is 0 Å². The highest BCUT2D eigenvalue weighted by atomic mass is 16.2. The molecular weight excluding hydrogens is 188 g/mol. The van der Waals surface area contributed by atoms with E-state index in [-0.39, 0.29) is 5.92 Å². The summed E-state index contributed by atoms with van der Waals surface area (Å²) in [6.07, 6.45) is 4.18. The molecule has 15 heavy (non-hydrogen) atoms. The Kier molecular flexibility index (Phi) is 8.38. The van der Waals surface area contributed by atoms with Gasteiger partial charge in [0.25, 0.3) is 0 Å². The van der Waals surface area contributed by atoms with Gasteiger partial charge >= 0.3 is 0 Å². The molecule has 0 unspecified atom stereocenters. The Balaban J connectivity index is 4.29. The summed E-state index contributed by atoms with van der Waals surface area (Å²) in [5.41, 5.74) is 5.50. The molecule has 0 aliphatic rings. The van der Waals surface area contributed by atoms with Crippen LogP contribution >= 0.6 is 0 Å². The Hall–Kier alpha value is -0.570. The number of hydrogen-bond donors (Lipinski definition) is 1. The maximum atomic E-state index is 12.1. The molecule has 0 aliphatic heterocycles. The van der Waals surface area contributed by atoms with Gasteiger partial charge in [0.2, 0.25) is 5.91 Å². The van der Waals surface area contributed by atoms with E-state index in [1.54, 1.807) is 0 Å². The van der Waals surface area contributed by atoms with Gasteiger partial charge in [0.05, 0.1) is 0 Å². The molecule has 0 aliphatic carbocycles. The molecule has 0 aromatic heterocycles. The van der Waals surface area contributed by atoms with Crippen LogP contribution in [0, 0.1) is 5.92 Å². The quantitative estimate of drug-likeness (QED) is 0.672. The van der Waals surface area contributed by atoms with E-state index in [1.807, 2.05) is 11.8 Å². The average molecular weight is 214 g/mol. The van der Waals surface area contributed by atoms with Crippen molar-refractivity contribution >= 4 is 5.91 Å². The first-order valence-electron chi connectivity index (χ1n) is 6.19. The largest absolute Gasteiger partial charge is 0.341 e. The van der Waals surface area contributed by atoms with Crippen LogP contribution in [0.15, 0.2) is 0 Å². The topological polar surface area (TPSA) is 46.3 Å². The molecule has 0 aromatic rings. The van der Waals surface area contributed by atoms with Gasteiger partial charge < -0.3 is 10.6 Å². The Bertz CT molecular complexity index is 165. The van der Waals surface area contributed by atoms with E-state index in [4.69, 9.17) is 5.73 Å². The summed E-state index contributed by atoms with van der Waals surface area (Å²) in [5, 5.41) is 0. The minimum Gasteiger partial charge on any atom is -0.341 e. The maximum absolute atomic E-state index is 12.1. The number of hydrogen-bond acceptors (Lipinski definition) is 2. The van der Waals surface area contributed by atoms with E-state index >= 15 is 0 Å². The first-order chi connectivity index (χ1) is 7.21. The number of likely N-dealkylation sites (N-methyl/N-ethyl adjacent to an activating group) is 1. The third-order valence-corrected chi connectivity index (χ3v) is 2.72. The molecule has 0 saturated heterocycles. The third kappa shape index (κ3) is 5.17. The molecule has 3 heteroatoms. The van der Waals surface area contributed by atoms with Crippen LogP contribution in [0.4, 0.5) is 0 Å². The zero-order chi connectivity index (χ0) is 11.7. The monoisotopic (exact) mass is 214 g/mol. The van der Waals surface area contributed by atoms with Gasteiger partial charge in [-0.05, 0) is 19.8 Å². The fourth-order valence-electron chi connectivity index (χ4n) is 1.93. The van der Waals surface area contributed by atoms with Crippen LogP contribution in [0.5, 0.6) is 0 Å². The molecule has 0 aromatic carbocycles. The van der Waals surface area contributed by atoms with Gasteiger partial charge in [-0.15, -0.1) is 0 Å². The van der Waals surface area contributed by atoms with E-state index in [1.165, 1.54) is 0 Å². The highest BCUT2D eigenvalue weighted by Gasteiger charge is 2.21. The second-order valence-corrected chi connectivity index (χ2v) is 3.98. The average Bonchev–Trinajstić information content (AvgIpc) is 2.24. The summed E-state index contributed by atoms with van der Waals surface area (Å²) in [7, 11) is 0. The zero-order valence-corrected chi connectivity index (χ0v) is 10.5. The Labute approximate surface area is 94.0 Å². The minimum absolute atomic E-state index is 0.214. The van der Waals surface area contributed by atoms with Crippen molar-refractivity contribution in [3.63, 3.8) is 0 Å². The third-order valence-electron chi connectivity index (χ3n) is 2.72. The van der Waals surface area contributed by atoms with E-state index in [0.29, 0.717) is 19.0 Å². The van der Waals surface area contributed by atoms with Crippen molar-refractivity contribution in [2.75, 3.05) is 19.6 Å². The lowest BCUT2D eigenvalue weighted by atomic mass is 9.96. The number of nitrogens with zero attached hydrogens (tertiary/aromatic N) is 1. The molecule has 0 radical (unpaired) electrons. The second kappa shape index (κ2) is 8.72. The molecule has 0 bridgehead atoms. The predicted octanol–water partition coefficient (Wildman–Crippen LogP) is 2.01. The number of carbonyl (C=O) groups excluding carboxylic acids is 1. The van der Waals surface area contributed by atoms with Crippen molar-refractivity contribution in [2.24, 2.45) is 11.7 Å². The first kappa shape index (κ1) is 14.4. The summed E-state index contributed by atoms with van der Waals surface area (Å²) in [6.45, 7) is 8.32. The molecule has 0 atom stereocenters. The Morgan fingerprint density at radius 2 is 1.73 bits per heavy atom. The molecule has 3 nitrogen and oxygen atoms in total. The van der Waals surface area contributed by atoms with Crippen molar-refractivity contribution in [1.29, 1.82) is 0 Å². The van der Waals surface area contributed by atoms with Crippen LogP contribution in [0.25, 0.3) is 0 Å². The molecule has 0 spiro atoms. The van der Waals surface area contributed by atoms with Gasteiger partial charge in [-0.2, -0.15) is 0 Å². The van der Waals surface area contributed by atoms with E-state index in [2.05, 4.69) is 13.8 Å². The van der Waals surface area contributed by atoms with Crippen LogP contribution < -0.4 is 5.73 Å². The fraction of sp³-hybridized carbons (Fsp3) is 0.917. The van der Waals surface area contributed by atoms with Crippen molar-refractivity contribution < 1.29 is 4.79 Å². The van der Waals surface area contributed by atoms with Gasteiger partial charge in [0.1, 0.15) is 0 Å². The highest BCUT2D eigenvalue weighted by molar-refractivity contribution is 5.78. The molecule has 2 N–H and O–H groups in total. The maximum Gasteiger partial charge on any atom is 0.225 e. The van der Waals surface area contributed by atoms with E-state index in [9.17, 15) is 4.79 Å². The van der Waals surface area contributed by atoms with Gasteiger partial charge in [-0.1, -0.05) is 26.7 Å². The van der Waals surface area contributed by atoms with Crippen molar-refractivity contribution in [3.8, 4) is 0 Å². The van der Waals surface area contributed by atoms with Crippen molar-refractivity contribution in [2.45, 2.75) is 46.5 Å². The molecule has 0 heterocycles. The van der Waals surface area contributed by atoms with Gasteiger partial charge in [-0.25, -0.2) is 0 Å². The van der Waals surface area contributed by atoms with Gasteiger partial charge in [0, 0.05) is 25.6 Å². The van der Waals surface area contributed by atoms with Crippen LogP contribution in [-0.2, 0) is 4.79 Å². The predicted molar refractivity (Wildman–Crippen MR) is 64.6 cm³/mol. The number of nitrogens with two attached hydrogens (primary N) is 1. The summed E-state index contributed by atoms with van der Waals surface area (Å²) in [6, 6.07) is 0. The smallest absolute Gasteiger partial charge is 0.225 e. The Morgan fingerprint density at radius 3 is 2.07 bits per heavy atom. The number of rotatable bonds is 8. The van der Waals surface area contributed by atoms with Crippen molar-refractivity contribution in [1.82, 2.24) is 4.90 Å². The molecule has 0 rings (SSSR count). The standard InChI is InChI=1S/C12H26N2O/c1-4-7-11(8-5-2)12(15)14(6-3)10-9-13/h11H,4-10,13H2,1-3H3. The number of carbonyl (C=O) groups is 1. The van der Waals surface area contributed by atoms with Gasteiger partial charge in [-0.3, -0.25) is 4.79 Å². The lowest BCUT2D eigenvalue weighted by molar-refractivity contribution is -0.135. The van der Waals surface area contributed by atoms with E-state index in [0.717, 1.165) is 32.2 Å². The normalized spacial score (nSPS) is 10.7. The lowest BCUT2D eigenvalue weighted by Crippen LogP contribution is -2.39. The first-order valence-corrected chi connectivity index (χ1v) is 6.19. The number of amides is 1. The van der Waals surface area contributed by atoms with Gasteiger partial charge in [0.15, 0.2) is 0 Å². The Morgan fingerprint density at radius 1 is 1.20 bits per heavy atom. The summed E-state index contributed by atoms with van der Waals surface area (Å²) >= 11 is 0. The summed E-state index contributed by atoms with van der Waals surface area (Å²) < 4.78 is 0. The summed E-state index contributed by atoms with van der Waals surface area (Å²) in [5.74, 6) is 0.512. The lowest BCUT2D eigenvalue weighted by Gasteiger charge is -2.25. The molecular formula is C12H26N2O. The second-order valence-electron chi connectivity index (χ2n) is 3.98. The van der Waals surface area contributed by atoms with Crippen molar-refractivity contribution in [3.05, 3.63) is 0 Å². The van der Waals surface area contributed by atoms with Crippen LogP contribution in [0.1, 0.15) is 46.5 Å². The summed E-state index contributed by atoms with van der Waals surface area (Å²) in [4.78, 5) is 14.0. The minimum atomic E-state index is 0.214. The molecule has 1 amide bonds. The van der Waals surface area contributed by atoms with E-state index < -0.39 is 0 Å². The van der Waals surface area contributed by atoms with Crippen LogP contribution in [0.2, 0.25) is 0 Å². The SMILES string of the molecule is CCCC(CCC)C(=O)N(CC)CCN. The zero-order valence-electron chi connectivity index (χ0n) is 10.5. The molecule has 90 valence electrons. The van der Waals surface area contributed by atoms with Crippen LogP contribution in [-0.4, -0.2) is 30.4 Å². The molecule has 0 saturated carbocycles. The molecule has 0 fully saturated rings. The fourth-order valence-corrected chi connectivity index (χ4v) is 1.93.